The molecule has 4 nitrogen and oxygen atoms in total. The van der Waals surface area contributed by atoms with Crippen LogP contribution in [0.3, 0.4) is 0 Å². The fourth-order valence-electron chi connectivity index (χ4n) is 0.880. The third-order valence-electron chi connectivity index (χ3n) is 1.47. The van der Waals surface area contributed by atoms with E-state index in [-0.39, 0.29) is 5.56 Å². The highest BCUT2D eigenvalue weighted by Gasteiger charge is 2.09. The molecule has 0 saturated carbocycles. The first-order chi connectivity index (χ1) is 6.38. The van der Waals surface area contributed by atoms with Crippen LogP contribution in [-0.2, 0) is 10.1 Å². The zero-order valence-electron chi connectivity index (χ0n) is 6.94. The normalized spacial score (nSPS) is 11.3. The smallest absolute Gasteiger partial charge is 0.176 e. The predicted octanol–water partition coefficient (Wildman–Crippen LogP) is 1.07. The van der Waals surface area contributed by atoms with Crippen LogP contribution in [0.4, 0.5) is 0 Å². The van der Waals surface area contributed by atoms with Crippen LogP contribution in [0.1, 0.15) is 10.4 Å². The Morgan fingerprint density at radius 1 is 1.29 bits per heavy atom. The van der Waals surface area contributed by atoms with E-state index >= 15 is 0 Å². The van der Waals surface area contributed by atoms with Crippen LogP contribution in [-0.4, -0.2) is 24.5 Å². The lowest BCUT2D eigenvalue weighted by atomic mass is 10.1. The van der Waals surface area contributed by atoms with Gasteiger partial charge in [-0.2, -0.15) is 0 Å². The third kappa shape index (κ3) is 3.45. The van der Waals surface area contributed by atoms with Crippen molar-refractivity contribution in [2.75, 3.05) is 5.75 Å². The first kappa shape index (κ1) is 11.2. The lowest BCUT2D eigenvalue weighted by Crippen LogP contribution is -2.15. The molecule has 0 amide bonds. The molecule has 0 aliphatic carbocycles. The van der Waals surface area contributed by atoms with Crippen molar-refractivity contribution in [3.05, 3.63) is 34.9 Å². The first-order valence-electron chi connectivity index (χ1n) is 3.61. The van der Waals surface area contributed by atoms with Crippen LogP contribution >= 0.6 is 11.6 Å². The maximum Gasteiger partial charge on any atom is 0.176 e. The maximum atomic E-state index is 11.1. The van der Waals surface area contributed by atoms with Crippen molar-refractivity contribution in [1.82, 2.24) is 0 Å². The zero-order chi connectivity index (χ0) is 10.8. The van der Waals surface area contributed by atoms with Gasteiger partial charge in [0.15, 0.2) is 5.78 Å². The Bertz CT molecular complexity index is 435. The summed E-state index contributed by atoms with van der Waals surface area (Å²) in [5.41, 5.74) is 0.161. The molecule has 0 aromatic heterocycles. The molecule has 0 spiro atoms. The van der Waals surface area contributed by atoms with Crippen LogP contribution < -0.4 is 0 Å². The van der Waals surface area contributed by atoms with Gasteiger partial charge in [-0.05, 0) is 24.3 Å². The molecule has 0 bridgehead atoms. The molecule has 0 radical (unpaired) electrons. The van der Waals surface area contributed by atoms with Gasteiger partial charge in [0, 0.05) is 10.6 Å². The lowest BCUT2D eigenvalue weighted by Gasteiger charge is -2.05. The molecule has 6 heteroatoms. The molecule has 76 valence electrons. The van der Waals surface area contributed by atoms with Gasteiger partial charge >= 0.3 is 0 Å². The van der Waals surface area contributed by atoms with Gasteiger partial charge in [0.2, 0.25) is 0 Å². The van der Waals surface area contributed by atoms with Crippen LogP contribution in [0.2, 0.25) is 5.02 Å². The number of hydrogen-bond acceptors (Lipinski definition) is 4. The van der Waals surface area contributed by atoms with Crippen molar-refractivity contribution in [1.29, 1.82) is 0 Å². The van der Waals surface area contributed by atoms with Crippen LogP contribution in [0.5, 0.6) is 0 Å². The Hall–Kier alpha value is -0.910. The number of hydrogen-bond donors (Lipinski definition) is 0. The van der Waals surface area contributed by atoms with Gasteiger partial charge < -0.3 is 4.55 Å². The number of halogens is 1. The molecule has 1 aromatic rings. The Morgan fingerprint density at radius 3 is 2.21 bits per heavy atom. The van der Waals surface area contributed by atoms with Gasteiger partial charge in [-0.15, -0.1) is 0 Å². The predicted molar refractivity (Wildman–Crippen MR) is 50.3 cm³/mol. The van der Waals surface area contributed by atoms with E-state index < -0.39 is 21.7 Å². The minimum Gasteiger partial charge on any atom is -0.748 e. The number of ketones is 1. The quantitative estimate of drug-likeness (QED) is 0.578. The first-order valence-corrected chi connectivity index (χ1v) is 5.56. The van der Waals surface area contributed by atoms with E-state index in [9.17, 15) is 17.8 Å². The average Bonchev–Trinajstić information content (AvgIpc) is 2.02. The van der Waals surface area contributed by atoms with Crippen molar-refractivity contribution in [3.63, 3.8) is 0 Å². The molecule has 0 atom stereocenters. The molecule has 0 unspecified atom stereocenters. The van der Waals surface area contributed by atoms with Crippen LogP contribution in [0, 0.1) is 0 Å². The van der Waals surface area contributed by atoms with Gasteiger partial charge in [0.1, 0.15) is 15.9 Å². The van der Waals surface area contributed by atoms with E-state index in [2.05, 4.69) is 0 Å². The SMILES string of the molecule is O=C(CS(=O)(=O)[O-])c1ccc(Cl)cc1. The van der Waals surface area contributed by atoms with Gasteiger partial charge in [0.25, 0.3) is 0 Å². The fourth-order valence-corrected chi connectivity index (χ4v) is 1.49. The molecule has 0 aliphatic heterocycles. The van der Waals surface area contributed by atoms with Crippen LogP contribution in [0.25, 0.3) is 0 Å². The Morgan fingerprint density at radius 2 is 1.79 bits per heavy atom. The summed E-state index contributed by atoms with van der Waals surface area (Å²) in [5, 5.41) is 0.437. The molecule has 14 heavy (non-hydrogen) atoms. The summed E-state index contributed by atoms with van der Waals surface area (Å²) < 4.78 is 30.8. The van der Waals surface area contributed by atoms with Crippen molar-refractivity contribution < 1.29 is 17.8 Å². The standard InChI is InChI=1S/C8H7ClO4S/c9-7-3-1-6(2-4-7)8(10)5-14(11,12)13/h1-4H,5H2,(H,11,12,13)/p-1. The van der Waals surface area contributed by atoms with Gasteiger partial charge in [-0.25, -0.2) is 8.42 Å². The molecule has 1 rings (SSSR count). The highest BCUT2D eigenvalue weighted by atomic mass is 35.5. The van der Waals surface area contributed by atoms with E-state index in [1.165, 1.54) is 24.3 Å². The summed E-state index contributed by atoms with van der Waals surface area (Å²) in [5.74, 6) is -1.74. The minimum atomic E-state index is -4.51. The van der Waals surface area contributed by atoms with Crippen molar-refractivity contribution in [2.45, 2.75) is 0 Å². The lowest BCUT2D eigenvalue weighted by molar-refractivity contribution is 0.101. The monoisotopic (exact) mass is 233 g/mol. The Kier molecular flexibility index (Phi) is 3.25. The van der Waals surface area contributed by atoms with Crippen molar-refractivity contribution >= 4 is 27.5 Å². The topological polar surface area (TPSA) is 74.3 Å². The highest BCUT2D eigenvalue weighted by molar-refractivity contribution is 7.86. The Labute approximate surface area is 86.3 Å². The van der Waals surface area contributed by atoms with Gasteiger partial charge in [0.05, 0.1) is 0 Å². The largest absolute Gasteiger partial charge is 0.748 e. The van der Waals surface area contributed by atoms with E-state index in [4.69, 9.17) is 11.6 Å². The maximum absolute atomic E-state index is 11.1. The van der Waals surface area contributed by atoms with E-state index in [0.29, 0.717) is 5.02 Å². The summed E-state index contributed by atoms with van der Waals surface area (Å²) >= 11 is 5.56. The minimum absolute atomic E-state index is 0.161. The third-order valence-corrected chi connectivity index (χ3v) is 2.34. The molecule has 0 aliphatic rings. The summed E-state index contributed by atoms with van der Waals surface area (Å²) in [7, 11) is -4.51. The summed E-state index contributed by atoms with van der Waals surface area (Å²) in [6, 6.07) is 5.64. The summed E-state index contributed by atoms with van der Waals surface area (Å²) in [6.45, 7) is 0. The molecule has 0 N–H and O–H groups in total. The molecule has 0 heterocycles. The summed E-state index contributed by atoms with van der Waals surface area (Å²) in [6.07, 6.45) is 0. The molecular weight excluding hydrogens is 228 g/mol. The number of benzene rings is 1. The van der Waals surface area contributed by atoms with Crippen molar-refractivity contribution in [2.24, 2.45) is 0 Å². The van der Waals surface area contributed by atoms with Crippen LogP contribution in [0.15, 0.2) is 24.3 Å². The number of rotatable bonds is 3. The molecule has 1 aromatic carbocycles. The highest BCUT2D eigenvalue weighted by Crippen LogP contribution is 2.10. The second-order valence-corrected chi connectivity index (χ2v) is 4.47. The average molecular weight is 234 g/mol. The second kappa shape index (κ2) is 4.08. The number of Topliss-reactive ketones (excluding diaryl/α,β-unsaturated/α-hetero) is 1. The van der Waals surface area contributed by atoms with Gasteiger partial charge in [-0.3, -0.25) is 4.79 Å². The fraction of sp³-hybridized carbons (Fsp3) is 0.125. The van der Waals surface area contributed by atoms with E-state index in [1.807, 2.05) is 0 Å². The van der Waals surface area contributed by atoms with Gasteiger partial charge in [-0.1, -0.05) is 11.6 Å². The second-order valence-electron chi connectivity index (χ2n) is 2.63. The molecule has 0 fully saturated rings. The molecular formula is C8H6ClO4S-. The summed E-state index contributed by atoms with van der Waals surface area (Å²) in [4.78, 5) is 11.1. The van der Waals surface area contributed by atoms with E-state index in [0.717, 1.165) is 0 Å². The number of carbonyl (C=O) groups is 1. The zero-order valence-corrected chi connectivity index (χ0v) is 8.51. The molecule has 0 saturated heterocycles. The van der Waals surface area contributed by atoms with E-state index in [1.54, 1.807) is 0 Å². The Balaban J connectivity index is 2.86. The van der Waals surface area contributed by atoms with Crippen molar-refractivity contribution in [3.8, 4) is 0 Å². The number of carbonyl (C=O) groups excluding carboxylic acids is 1.